The van der Waals surface area contributed by atoms with E-state index in [1.54, 1.807) is 7.11 Å². The van der Waals surface area contributed by atoms with Gasteiger partial charge in [-0.3, -0.25) is 0 Å². The lowest BCUT2D eigenvalue weighted by atomic mass is 10.2. The average molecular weight is 236 g/mol. The molecule has 0 atom stereocenters. The van der Waals surface area contributed by atoms with Gasteiger partial charge >= 0.3 is 0 Å². The molecule has 0 unspecified atom stereocenters. The molecule has 0 aromatic heterocycles. The van der Waals surface area contributed by atoms with Crippen molar-refractivity contribution in [3.05, 3.63) is 23.8 Å². The molecular weight excluding hydrogens is 220 g/mol. The number of ether oxygens (including phenoxy) is 2. The summed E-state index contributed by atoms with van der Waals surface area (Å²) in [5.74, 6) is 1.16. The molecule has 0 radical (unpaired) electrons. The van der Waals surface area contributed by atoms with E-state index in [0.29, 0.717) is 18.1 Å². The fourth-order valence-electron chi connectivity index (χ4n) is 1.25. The van der Waals surface area contributed by atoms with E-state index in [4.69, 9.17) is 20.9 Å². The van der Waals surface area contributed by atoms with Crippen LogP contribution in [0.4, 0.5) is 0 Å². The van der Waals surface area contributed by atoms with E-state index < -0.39 is 0 Å². The SMILES string of the molecule is CCOc1c(/C=N/N=C(N)N)cccc1OC. The van der Waals surface area contributed by atoms with E-state index in [2.05, 4.69) is 10.2 Å². The number of para-hydroxylation sites is 1. The number of rotatable bonds is 5. The third kappa shape index (κ3) is 3.67. The fraction of sp³-hybridized carbons (Fsp3) is 0.273. The van der Waals surface area contributed by atoms with Crippen molar-refractivity contribution in [3.8, 4) is 11.5 Å². The number of guanidine groups is 1. The Morgan fingerprint density at radius 2 is 2.18 bits per heavy atom. The van der Waals surface area contributed by atoms with Crippen LogP contribution in [0.5, 0.6) is 11.5 Å². The van der Waals surface area contributed by atoms with Crippen LogP contribution in [0.2, 0.25) is 0 Å². The molecule has 0 aliphatic heterocycles. The van der Waals surface area contributed by atoms with Crippen LogP contribution >= 0.6 is 0 Å². The second-order valence-electron chi connectivity index (χ2n) is 3.08. The predicted molar refractivity (Wildman–Crippen MR) is 67.6 cm³/mol. The molecule has 1 aromatic carbocycles. The standard InChI is InChI=1S/C11H16N4O2/c1-3-17-10-8(7-14-15-11(12)13)5-4-6-9(10)16-2/h4-7H,3H2,1-2H3,(H4,12,13,15)/b14-7+. The summed E-state index contributed by atoms with van der Waals surface area (Å²) in [6.45, 7) is 2.42. The largest absolute Gasteiger partial charge is 0.493 e. The molecule has 17 heavy (non-hydrogen) atoms. The topological polar surface area (TPSA) is 95.2 Å². The predicted octanol–water partition coefficient (Wildman–Crippen LogP) is 0.701. The summed E-state index contributed by atoms with van der Waals surface area (Å²) in [4.78, 5) is 0. The maximum Gasteiger partial charge on any atom is 0.211 e. The molecule has 0 saturated carbocycles. The van der Waals surface area contributed by atoms with Gasteiger partial charge in [-0.05, 0) is 19.1 Å². The lowest BCUT2D eigenvalue weighted by molar-refractivity contribution is 0.310. The van der Waals surface area contributed by atoms with Crippen molar-refractivity contribution >= 4 is 12.2 Å². The Morgan fingerprint density at radius 1 is 1.41 bits per heavy atom. The Bertz CT molecular complexity index is 425. The minimum absolute atomic E-state index is 0.0953. The van der Waals surface area contributed by atoms with Gasteiger partial charge < -0.3 is 20.9 Å². The average Bonchev–Trinajstić information content (AvgIpc) is 2.30. The lowest BCUT2D eigenvalue weighted by Crippen LogP contribution is -2.21. The Kier molecular flexibility index (Phi) is 4.80. The second kappa shape index (κ2) is 6.37. The van der Waals surface area contributed by atoms with Crippen LogP contribution in [0.15, 0.2) is 28.4 Å². The highest BCUT2D eigenvalue weighted by molar-refractivity contribution is 5.86. The van der Waals surface area contributed by atoms with E-state index in [0.717, 1.165) is 5.56 Å². The first-order valence-corrected chi connectivity index (χ1v) is 5.10. The van der Waals surface area contributed by atoms with Crippen molar-refractivity contribution in [2.45, 2.75) is 6.92 Å². The van der Waals surface area contributed by atoms with Gasteiger partial charge in [0.1, 0.15) is 0 Å². The van der Waals surface area contributed by atoms with Gasteiger partial charge in [0, 0.05) is 5.56 Å². The minimum Gasteiger partial charge on any atom is -0.493 e. The molecule has 1 rings (SSSR count). The van der Waals surface area contributed by atoms with E-state index in [9.17, 15) is 0 Å². The van der Waals surface area contributed by atoms with E-state index in [1.807, 2.05) is 25.1 Å². The van der Waals surface area contributed by atoms with Gasteiger partial charge in [0.2, 0.25) is 5.96 Å². The first-order valence-electron chi connectivity index (χ1n) is 5.10. The van der Waals surface area contributed by atoms with Gasteiger partial charge in [-0.1, -0.05) is 6.07 Å². The Balaban J connectivity index is 3.05. The zero-order valence-corrected chi connectivity index (χ0v) is 9.88. The summed E-state index contributed by atoms with van der Waals surface area (Å²) >= 11 is 0. The third-order valence-electron chi connectivity index (χ3n) is 1.89. The molecule has 0 aliphatic rings. The molecule has 1 aromatic rings. The maximum absolute atomic E-state index is 5.49. The van der Waals surface area contributed by atoms with Crippen LogP contribution in [0.3, 0.4) is 0 Å². The summed E-state index contributed by atoms with van der Waals surface area (Å²) < 4.78 is 10.7. The second-order valence-corrected chi connectivity index (χ2v) is 3.08. The van der Waals surface area contributed by atoms with Crippen molar-refractivity contribution in [1.29, 1.82) is 0 Å². The quantitative estimate of drug-likeness (QED) is 0.447. The summed E-state index contributed by atoms with van der Waals surface area (Å²) in [5, 5.41) is 7.26. The Hall–Kier alpha value is -2.24. The van der Waals surface area contributed by atoms with Crippen LogP contribution in [-0.2, 0) is 0 Å². The van der Waals surface area contributed by atoms with Gasteiger partial charge in [0.05, 0.1) is 19.9 Å². The summed E-state index contributed by atoms with van der Waals surface area (Å²) in [6.07, 6.45) is 1.51. The molecule has 0 saturated heterocycles. The van der Waals surface area contributed by atoms with Crippen LogP contribution in [-0.4, -0.2) is 25.9 Å². The first-order chi connectivity index (χ1) is 8.19. The fourth-order valence-corrected chi connectivity index (χ4v) is 1.25. The van der Waals surface area contributed by atoms with E-state index >= 15 is 0 Å². The van der Waals surface area contributed by atoms with Crippen molar-refractivity contribution < 1.29 is 9.47 Å². The Labute approximate surface area is 99.9 Å². The molecule has 0 fully saturated rings. The van der Waals surface area contributed by atoms with Gasteiger partial charge in [-0.2, -0.15) is 5.10 Å². The first kappa shape index (κ1) is 12.8. The van der Waals surface area contributed by atoms with E-state index in [-0.39, 0.29) is 5.96 Å². The molecule has 0 bridgehead atoms. The molecule has 6 nitrogen and oxygen atoms in total. The number of methoxy groups -OCH3 is 1. The minimum atomic E-state index is -0.0953. The third-order valence-corrected chi connectivity index (χ3v) is 1.89. The van der Waals surface area contributed by atoms with Crippen LogP contribution in [0, 0.1) is 0 Å². The normalized spacial score (nSPS) is 10.2. The highest BCUT2D eigenvalue weighted by Gasteiger charge is 2.07. The molecule has 92 valence electrons. The van der Waals surface area contributed by atoms with Crippen molar-refractivity contribution in [3.63, 3.8) is 0 Å². The number of nitrogens with zero attached hydrogens (tertiary/aromatic N) is 2. The van der Waals surface area contributed by atoms with Gasteiger partial charge in [-0.15, -0.1) is 5.10 Å². The number of benzene rings is 1. The van der Waals surface area contributed by atoms with Crippen LogP contribution in [0.1, 0.15) is 12.5 Å². The van der Waals surface area contributed by atoms with Crippen molar-refractivity contribution in [1.82, 2.24) is 0 Å². The van der Waals surface area contributed by atoms with Gasteiger partial charge in [0.15, 0.2) is 11.5 Å². The van der Waals surface area contributed by atoms with Gasteiger partial charge in [0.25, 0.3) is 0 Å². The Morgan fingerprint density at radius 3 is 2.76 bits per heavy atom. The summed E-state index contributed by atoms with van der Waals surface area (Å²) in [5.41, 5.74) is 11.1. The molecule has 0 spiro atoms. The highest BCUT2D eigenvalue weighted by atomic mass is 16.5. The van der Waals surface area contributed by atoms with Gasteiger partial charge in [-0.25, -0.2) is 0 Å². The van der Waals surface area contributed by atoms with Crippen molar-refractivity contribution in [2.24, 2.45) is 21.7 Å². The molecule has 0 amide bonds. The van der Waals surface area contributed by atoms with E-state index in [1.165, 1.54) is 6.21 Å². The monoisotopic (exact) mass is 236 g/mol. The lowest BCUT2D eigenvalue weighted by Gasteiger charge is -2.11. The maximum atomic E-state index is 5.49. The molecule has 4 N–H and O–H groups in total. The van der Waals surface area contributed by atoms with Crippen LogP contribution < -0.4 is 20.9 Å². The van der Waals surface area contributed by atoms with Crippen LogP contribution in [0.25, 0.3) is 0 Å². The summed E-state index contributed by atoms with van der Waals surface area (Å²) in [6, 6.07) is 5.47. The number of hydrogen-bond acceptors (Lipinski definition) is 4. The highest BCUT2D eigenvalue weighted by Crippen LogP contribution is 2.29. The van der Waals surface area contributed by atoms with Crippen molar-refractivity contribution in [2.75, 3.05) is 13.7 Å². The molecular formula is C11H16N4O2. The summed E-state index contributed by atoms with van der Waals surface area (Å²) in [7, 11) is 1.58. The number of hydrogen-bond donors (Lipinski definition) is 2. The smallest absolute Gasteiger partial charge is 0.211 e. The molecule has 0 aliphatic carbocycles. The molecule has 0 heterocycles. The zero-order chi connectivity index (χ0) is 12.7. The number of nitrogens with two attached hydrogens (primary N) is 2. The zero-order valence-electron chi connectivity index (χ0n) is 9.88. The molecule has 6 heteroatoms.